The lowest BCUT2D eigenvalue weighted by molar-refractivity contribution is -0.0265. The molecule has 108 valence electrons. The minimum absolute atomic E-state index is 0.188. The van der Waals surface area contributed by atoms with Gasteiger partial charge in [0, 0.05) is 5.69 Å². The van der Waals surface area contributed by atoms with E-state index in [1.807, 2.05) is 24.6 Å². The molecule has 8 nitrogen and oxygen atoms in total. The Morgan fingerprint density at radius 3 is 2.76 bits per heavy atom. The maximum atomic E-state index is 6.18. The van der Waals surface area contributed by atoms with Crippen LogP contribution in [0.3, 0.4) is 0 Å². The van der Waals surface area contributed by atoms with Crippen LogP contribution in [0.2, 0.25) is 0 Å². The lowest BCUT2D eigenvalue weighted by Crippen LogP contribution is -2.31. The third-order valence-corrected chi connectivity index (χ3v) is 3.59. The van der Waals surface area contributed by atoms with Gasteiger partial charge in [0.1, 0.15) is 16.9 Å². The number of nitrogens with zero attached hydrogens (tertiary/aromatic N) is 5. The van der Waals surface area contributed by atoms with Crippen molar-refractivity contribution < 1.29 is 4.74 Å². The lowest BCUT2D eigenvalue weighted by Gasteiger charge is -2.26. The third-order valence-electron chi connectivity index (χ3n) is 3.59. The number of hydrogen-bond donors (Lipinski definition) is 2. The van der Waals surface area contributed by atoms with Gasteiger partial charge < -0.3 is 10.5 Å². The highest BCUT2D eigenvalue weighted by Gasteiger charge is 2.28. The first-order valence-electron chi connectivity index (χ1n) is 6.76. The number of hydrogen-bond acceptors (Lipinski definition) is 6. The van der Waals surface area contributed by atoms with Gasteiger partial charge in [0.25, 0.3) is 0 Å². The molecule has 0 atom stereocenters. The molecule has 0 radical (unpaired) electrons. The molecule has 3 aromatic rings. The molecule has 0 saturated carbocycles. The molecule has 3 aromatic heterocycles. The second-order valence-electron chi connectivity index (χ2n) is 5.28. The minimum Gasteiger partial charge on any atom is -0.397 e. The summed E-state index contributed by atoms with van der Waals surface area (Å²) in [7, 11) is 0. The Bertz CT molecular complexity index is 831. The molecule has 1 aliphatic heterocycles. The van der Waals surface area contributed by atoms with Crippen molar-refractivity contribution in [3.05, 3.63) is 17.6 Å². The van der Waals surface area contributed by atoms with Crippen molar-refractivity contribution in [1.82, 2.24) is 29.9 Å². The van der Waals surface area contributed by atoms with Gasteiger partial charge in [-0.1, -0.05) is 0 Å². The van der Waals surface area contributed by atoms with Gasteiger partial charge in [-0.15, -0.1) is 0 Å². The molecular weight excluding hydrogens is 270 g/mol. The molecule has 4 rings (SSSR count). The summed E-state index contributed by atoms with van der Waals surface area (Å²) in [6, 6.07) is 2.04. The highest BCUT2D eigenvalue weighted by atomic mass is 16.5. The number of fused-ring (bicyclic) bond motifs is 1. The summed E-state index contributed by atoms with van der Waals surface area (Å²) in [5.41, 5.74) is 9.90. The number of nitrogen functional groups attached to an aromatic ring is 1. The normalized spacial score (nSPS) is 15.5. The van der Waals surface area contributed by atoms with Crippen LogP contribution in [0, 0.1) is 13.8 Å². The van der Waals surface area contributed by atoms with Crippen LogP contribution in [0.4, 0.5) is 5.69 Å². The number of pyridine rings is 1. The van der Waals surface area contributed by atoms with Gasteiger partial charge in [0.2, 0.25) is 5.82 Å². The zero-order chi connectivity index (χ0) is 14.6. The number of nitrogens with two attached hydrogens (primary N) is 1. The Kier molecular flexibility index (Phi) is 2.49. The Morgan fingerprint density at radius 2 is 2.14 bits per heavy atom. The molecule has 0 amide bonds. The van der Waals surface area contributed by atoms with Crippen LogP contribution in [-0.2, 0) is 4.74 Å². The van der Waals surface area contributed by atoms with E-state index in [4.69, 9.17) is 10.5 Å². The van der Waals surface area contributed by atoms with Crippen molar-refractivity contribution >= 4 is 16.7 Å². The van der Waals surface area contributed by atoms with E-state index in [9.17, 15) is 0 Å². The number of ether oxygens (including phenoxy) is 1. The van der Waals surface area contributed by atoms with Crippen LogP contribution in [0.15, 0.2) is 6.07 Å². The monoisotopic (exact) mass is 285 g/mol. The second-order valence-corrected chi connectivity index (χ2v) is 5.28. The SMILES string of the molecule is Cc1cc(N)c2c(n1)c(-c1n[nH]c(C)n1)nn2C1COC1. The molecule has 3 N–H and O–H groups in total. The molecule has 1 aliphatic rings. The topological polar surface area (TPSA) is 108 Å². The molecule has 1 saturated heterocycles. The van der Waals surface area contributed by atoms with E-state index in [1.165, 1.54) is 0 Å². The number of H-pyrrole nitrogens is 1. The first-order chi connectivity index (χ1) is 10.1. The summed E-state index contributed by atoms with van der Waals surface area (Å²) < 4.78 is 7.15. The van der Waals surface area contributed by atoms with E-state index in [0.717, 1.165) is 22.6 Å². The molecule has 4 heterocycles. The molecule has 0 spiro atoms. The molecule has 0 aromatic carbocycles. The summed E-state index contributed by atoms with van der Waals surface area (Å²) in [6.45, 7) is 5.03. The zero-order valence-corrected chi connectivity index (χ0v) is 11.8. The molecular formula is C13H15N7O. The third kappa shape index (κ3) is 1.79. The van der Waals surface area contributed by atoms with E-state index in [2.05, 4.69) is 25.3 Å². The van der Waals surface area contributed by atoms with Crippen molar-refractivity contribution in [3.8, 4) is 11.5 Å². The predicted molar refractivity (Wildman–Crippen MR) is 76.6 cm³/mol. The predicted octanol–water partition coefficient (Wildman–Crippen LogP) is 0.987. The number of rotatable bonds is 2. The number of nitrogens with one attached hydrogen (secondary N) is 1. The lowest BCUT2D eigenvalue weighted by atomic mass is 10.2. The quantitative estimate of drug-likeness (QED) is 0.727. The summed E-state index contributed by atoms with van der Waals surface area (Å²) in [5.74, 6) is 1.27. The number of aromatic nitrogens is 6. The van der Waals surface area contributed by atoms with Crippen molar-refractivity contribution in [2.45, 2.75) is 19.9 Å². The molecule has 21 heavy (non-hydrogen) atoms. The molecule has 0 bridgehead atoms. The van der Waals surface area contributed by atoms with Gasteiger partial charge in [-0.25, -0.2) is 9.97 Å². The van der Waals surface area contributed by atoms with Crippen molar-refractivity contribution in [1.29, 1.82) is 0 Å². The minimum atomic E-state index is 0.188. The Hall–Kier alpha value is -2.48. The Balaban J connectivity index is 2.02. The van der Waals surface area contributed by atoms with E-state index in [-0.39, 0.29) is 6.04 Å². The van der Waals surface area contributed by atoms with E-state index >= 15 is 0 Å². The molecule has 8 heteroatoms. The van der Waals surface area contributed by atoms with Crippen molar-refractivity contribution in [2.75, 3.05) is 18.9 Å². The fourth-order valence-electron chi connectivity index (χ4n) is 2.53. The summed E-state index contributed by atoms with van der Waals surface area (Å²) >= 11 is 0. The average molecular weight is 285 g/mol. The van der Waals surface area contributed by atoms with Gasteiger partial charge in [0.05, 0.1) is 24.9 Å². The van der Waals surface area contributed by atoms with Crippen LogP contribution in [0.5, 0.6) is 0 Å². The van der Waals surface area contributed by atoms with Crippen LogP contribution in [0.25, 0.3) is 22.6 Å². The van der Waals surface area contributed by atoms with Crippen LogP contribution >= 0.6 is 0 Å². The summed E-state index contributed by atoms with van der Waals surface area (Å²) in [4.78, 5) is 8.94. The maximum Gasteiger partial charge on any atom is 0.203 e. The van der Waals surface area contributed by atoms with Crippen LogP contribution < -0.4 is 5.73 Å². The van der Waals surface area contributed by atoms with E-state index in [0.29, 0.717) is 30.4 Å². The first kappa shape index (κ1) is 12.3. The smallest absolute Gasteiger partial charge is 0.203 e. The highest BCUT2D eigenvalue weighted by molar-refractivity contribution is 5.95. The molecule has 0 unspecified atom stereocenters. The fourth-order valence-corrected chi connectivity index (χ4v) is 2.53. The Labute approximate surface area is 120 Å². The molecule has 0 aliphatic carbocycles. The first-order valence-corrected chi connectivity index (χ1v) is 6.76. The largest absolute Gasteiger partial charge is 0.397 e. The van der Waals surface area contributed by atoms with Gasteiger partial charge in [-0.05, 0) is 19.9 Å². The average Bonchev–Trinajstić information content (AvgIpc) is 2.91. The van der Waals surface area contributed by atoms with Gasteiger partial charge in [-0.2, -0.15) is 10.2 Å². The van der Waals surface area contributed by atoms with Gasteiger partial charge >= 0.3 is 0 Å². The number of aromatic amines is 1. The molecule has 1 fully saturated rings. The van der Waals surface area contributed by atoms with Crippen LogP contribution in [0.1, 0.15) is 17.6 Å². The summed E-state index contributed by atoms with van der Waals surface area (Å²) in [5, 5.41) is 11.7. The standard InChI is InChI=1S/C13H15N7O/c1-6-3-9(14)12-10(15-6)11(13-16-7(2)17-18-13)19-20(12)8-4-21-5-8/h3,8H,4-5H2,1-2H3,(H2,14,15)(H,16,17,18). The summed E-state index contributed by atoms with van der Waals surface area (Å²) in [6.07, 6.45) is 0. The second kappa shape index (κ2) is 4.26. The number of anilines is 1. The van der Waals surface area contributed by atoms with Crippen molar-refractivity contribution in [2.24, 2.45) is 0 Å². The van der Waals surface area contributed by atoms with E-state index in [1.54, 1.807) is 0 Å². The van der Waals surface area contributed by atoms with E-state index < -0.39 is 0 Å². The van der Waals surface area contributed by atoms with Crippen molar-refractivity contribution in [3.63, 3.8) is 0 Å². The maximum absolute atomic E-state index is 6.18. The van der Waals surface area contributed by atoms with Gasteiger partial charge in [-0.3, -0.25) is 9.78 Å². The highest BCUT2D eigenvalue weighted by Crippen LogP contribution is 2.32. The number of aryl methyl sites for hydroxylation is 2. The van der Waals surface area contributed by atoms with Gasteiger partial charge in [0.15, 0.2) is 5.69 Å². The van der Waals surface area contributed by atoms with Crippen LogP contribution in [-0.4, -0.2) is 43.2 Å². The Morgan fingerprint density at radius 1 is 1.33 bits per heavy atom. The zero-order valence-electron chi connectivity index (χ0n) is 11.8. The fraction of sp³-hybridized carbons (Fsp3) is 0.385.